The summed E-state index contributed by atoms with van der Waals surface area (Å²) in [6, 6.07) is 7.34. The summed E-state index contributed by atoms with van der Waals surface area (Å²) in [5, 5.41) is 8.03. The Hall–Kier alpha value is -1.38. The Morgan fingerprint density at radius 1 is 1.31 bits per heavy atom. The van der Waals surface area contributed by atoms with Gasteiger partial charge in [0.25, 0.3) is 0 Å². The predicted octanol–water partition coefficient (Wildman–Crippen LogP) is 4.87. The third-order valence-corrected chi connectivity index (χ3v) is 5.95. The highest BCUT2D eigenvalue weighted by Gasteiger charge is 2.27. The number of fused-ring (bicyclic) bond motifs is 2. The number of amidine groups is 1. The van der Waals surface area contributed by atoms with Crippen LogP contribution in [-0.4, -0.2) is 50.1 Å². The van der Waals surface area contributed by atoms with E-state index in [1.54, 1.807) is 24.5 Å². The highest BCUT2D eigenvalue weighted by atomic mass is 35.5. The minimum atomic E-state index is -0.255. The largest absolute Gasteiger partial charge is 0.385 e. The Kier molecular flexibility index (Phi) is 8.73. The fraction of sp³-hybridized carbons (Fsp3) is 0.450. The van der Waals surface area contributed by atoms with Crippen LogP contribution in [0.4, 0.5) is 20.8 Å². The zero-order chi connectivity index (χ0) is 18.8. The van der Waals surface area contributed by atoms with Crippen molar-refractivity contribution < 1.29 is 9.13 Å². The average Bonchev–Trinajstić information content (AvgIpc) is 2.94. The van der Waals surface area contributed by atoms with Gasteiger partial charge in [0.2, 0.25) is 0 Å². The maximum Gasteiger partial charge on any atom is 0.139 e. The van der Waals surface area contributed by atoms with Crippen LogP contribution >= 0.6 is 36.2 Å². The molecule has 2 N–H and O–H groups in total. The lowest BCUT2D eigenvalue weighted by Gasteiger charge is -2.35. The number of benzene rings is 1. The summed E-state index contributed by atoms with van der Waals surface area (Å²) in [5.41, 5.74) is 2.61. The van der Waals surface area contributed by atoms with Gasteiger partial charge in [-0.3, -0.25) is 0 Å². The molecular formula is C20H27Cl2FN4OS. The first-order valence-electron chi connectivity index (χ1n) is 9.37. The molecule has 9 heteroatoms. The van der Waals surface area contributed by atoms with E-state index in [0.717, 1.165) is 66.9 Å². The van der Waals surface area contributed by atoms with Crippen molar-refractivity contribution in [2.45, 2.75) is 25.8 Å². The lowest BCUT2D eigenvalue weighted by Crippen LogP contribution is -2.52. The molecule has 4 rings (SSSR count). The lowest BCUT2D eigenvalue weighted by molar-refractivity contribution is 0.182. The van der Waals surface area contributed by atoms with Crippen LogP contribution in [-0.2, 0) is 4.74 Å². The summed E-state index contributed by atoms with van der Waals surface area (Å²) in [4.78, 5) is 8.53. The van der Waals surface area contributed by atoms with E-state index < -0.39 is 0 Å². The van der Waals surface area contributed by atoms with E-state index in [4.69, 9.17) is 9.73 Å². The molecule has 160 valence electrons. The van der Waals surface area contributed by atoms with Crippen molar-refractivity contribution in [2.75, 3.05) is 38.7 Å². The molecule has 2 aliphatic rings. The zero-order valence-electron chi connectivity index (χ0n) is 16.5. The molecule has 1 fully saturated rings. The molecule has 0 amide bonds. The van der Waals surface area contributed by atoms with Crippen LogP contribution in [0.1, 0.15) is 23.3 Å². The molecule has 1 atom stereocenters. The first-order valence-corrected chi connectivity index (χ1v) is 10.2. The molecule has 29 heavy (non-hydrogen) atoms. The van der Waals surface area contributed by atoms with Crippen molar-refractivity contribution >= 4 is 58.4 Å². The smallest absolute Gasteiger partial charge is 0.139 e. The number of nitrogens with zero attached hydrogens (tertiary/aromatic N) is 2. The normalized spacial score (nSPS) is 17.7. The van der Waals surface area contributed by atoms with E-state index in [-0.39, 0.29) is 30.6 Å². The maximum atomic E-state index is 13.7. The number of hydrogen-bond donors (Lipinski definition) is 2. The van der Waals surface area contributed by atoms with Crippen LogP contribution in [0.15, 0.2) is 29.3 Å². The van der Waals surface area contributed by atoms with Gasteiger partial charge in [-0.25, -0.2) is 9.38 Å². The summed E-state index contributed by atoms with van der Waals surface area (Å²) in [7, 11) is 1.74. The van der Waals surface area contributed by atoms with E-state index in [9.17, 15) is 4.39 Å². The van der Waals surface area contributed by atoms with Gasteiger partial charge < -0.3 is 20.3 Å². The van der Waals surface area contributed by atoms with Crippen LogP contribution in [0, 0.1) is 12.7 Å². The summed E-state index contributed by atoms with van der Waals surface area (Å²) in [6.45, 7) is 5.63. The number of halogens is 3. The van der Waals surface area contributed by atoms with E-state index in [2.05, 4.69) is 28.5 Å². The standard InChI is InChI=1S/C20H25FN4OS.2ClH/c1-13-10-16-19(25-8-7-22-15(12-25)4-3-9-26-2)23-17-6-5-14(21)11-18(17)24-20(16)27-13;;/h5-6,10-11,15,22,24H,3-4,7-9,12H2,1-2H3;2*1H/t15-;;/m0../s1. The number of methoxy groups -OCH3 is 1. The number of aryl methyl sites for hydroxylation is 1. The average molecular weight is 461 g/mol. The van der Waals surface area contributed by atoms with E-state index >= 15 is 0 Å². The Bertz CT molecular complexity index is 861. The number of anilines is 2. The van der Waals surface area contributed by atoms with Crippen molar-refractivity contribution in [1.29, 1.82) is 0 Å². The van der Waals surface area contributed by atoms with Crippen molar-refractivity contribution in [2.24, 2.45) is 4.99 Å². The van der Waals surface area contributed by atoms with Gasteiger partial charge in [-0.2, -0.15) is 0 Å². The highest BCUT2D eigenvalue weighted by molar-refractivity contribution is 7.16. The van der Waals surface area contributed by atoms with Gasteiger partial charge in [-0.1, -0.05) is 0 Å². The van der Waals surface area contributed by atoms with Gasteiger partial charge in [-0.05, 0) is 44.0 Å². The maximum absolute atomic E-state index is 13.7. The molecule has 3 heterocycles. The predicted molar refractivity (Wildman–Crippen MR) is 124 cm³/mol. The fourth-order valence-electron chi connectivity index (χ4n) is 3.70. The number of rotatable bonds is 4. The number of aliphatic imine (C=N–C) groups is 1. The number of ether oxygens (including phenoxy) is 1. The monoisotopic (exact) mass is 460 g/mol. The summed E-state index contributed by atoms with van der Waals surface area (Å²) < 4.78 is 18.9. The van der Waals surface area contributed by atoms with Gasteiger partial charge in [0.15, 0.2) is 0 Å². The van der Waals surface area contributed by atoms with Crippen molar-refractivity contribution in [3.05, 3.63) is 40.5 Å². The Morgan fingerprint density at radius 3 is 2.93 bits per heavy atom. The van der Waals surface area contributed by atoms with Crippen molar-refractivity contribution in [3.8, 4) is 0 Å². The van der Waals surface area contributed by atoms with Crippen LogP contribution in [0.5, 0.6) is 0 Å². The molecule has 0 bridgehead atoms. The Balaban J connectivity index is 0.00000150. The van der Waals surface area contributed by atoms with Gasteiger partial charge in [-0.15, -0.1) is 36.2 Å². The minimum Gasteiger partial charge on any atom is -0.385 e. The molecule has 1 saturated heterocycles. The van der Waals surface area contributed by atoms with Crippen molar-refractivity contribution in [1.82, 2.24) is 10.2 Å². The molecule has 0 unspecified atom stereocenters. The number of thiophene rings is 1. The van der Waals surface area contributed by atoms with E-state index in [1.165, 1.54) is 17.0 Å². The van der Waals surface area contributed by atoms with Crippen molar-refractivity contribution in [3.63, 3.8) is 0 Å². The van der Waals surface area contributed by atoms with Crippen LogP contribution in [0.2, 0.25) is 0 Å². The van der Waals surface area contributed by atoms with Crippen LogP contribution < -0.4 is 10.6 Å². The van der Waals surface area contributed by atoms with Gasteiger partial charge in [0.1, 0.15) is 16.7 Å². The summed E-state index contributed by atoms with van der Waals surface area (Å²) in [6.07, 6.45) is 2.12. The minimum absolute atomic E-state index is 0. The summed E-state index contributed by atoms with van der Waals surface area (Å²) >= 11 is 1.69. The molecule has 0 radical (unpaired) electrons. The number of nitrogens with one attached hydrogen (secondary N) is 2. The molecule has 5 nitrogen and oxygen atoms in total. The molecule has 0 spiro atoms. The van der Waals surface area contributed by atoms with Gasteiger partial charge in [0.05, 0.1) is 16.9 Å². The number of hydrogen-bond acceptors (Lipinski definition) is 6. The lowest BCUT2D eigenvalue weighted by atomic mass is 10.1. The molecule has 0 aliphatic carbocycles. The Labute approximate surface area is 187 Å². The van der Waals surface area contributed by atoms with Gasteiger partial charge in [0, 0.05) is 44.3 Å². The first-order chi connectivity index (χ1) is 13.1. The second kappa shape index (κ2) is 10.6. The molecule has 2 aromatic rings. The molecule has 0 saturated carbocycles. The van der Waals surface area contributed by atoms with E-state index in [0.29, 0.717) is 6.04 Å². The van der Waals surface area contributed by atoms with Gasteiger partial charge >= 0.3 is 0 Å². The third kappa shape index (κ3) is 5.41. The molecule has 1 aromatic heterocycles. The molecular weight excluding hydrogens is 434 g/mol. The fourth-order valence-corrected chi connectivity index (χ4v) is 4.62. The number of piperazine rings is 1. The topological polar surface area (TPSA) is 48.9 Å². The second-order valence-electron chi connectivity index (χ2n) is 7.05. The quantitative estimate of drug-likeness (QED) is 0.638. The third-order valence-electron chi connectivity index (χ3n) is 4.99. The Morgan fingerprint density at radius 2 is 2.14 bits per heavy atom. The zero-order valence-corrected chi connectivity index (χ0v) is 19.0. The highest BCUT2D eigenvalue weighted by Crippen LogP contribution is 2.39. The molecule has 2 aliphatic heterocycles. The second-order valence-corrected chi connectivity index (χ2v) is 8.31. The van der Waals surface area contributed by atoms with E-state index in [1.807, 2.05) is 0 Å². The first kappa shape index (κ1) is 23.9. The van der Waals surface area contributed by atoms with Crippen LogP contribution in [0.3, 0.4) is 0 Å². The summed E-state index contributed by atoms with van der Waals surface area (Å²) in [5.74, 6) is 0.723. The van der Waals surface area contributed by atoms with Crippen LogP contribution in [0.25, 0.3) is 0 Å². The molecule has 1 aromatic carbocycles. The SMILES string of the molecule is COCCC[C@H]1CN(C2=Nc3ccc(F)cc3Nc3sc(C)cc32)CCN1.Cl.Cl.